The zero-order chi connectivity index (χ0) is 16.9. The molecule has 1 saturated heterocycles. The lowest BCUT2D eigenvalue weighted by molar-refractivity contribution is -0.115. The molecule has 24 heavy (non-hydrogen) atoms. The van der Waals surface area contributed by atoms with Crippen molar-refractivity contribution in [1.29, 1.82) is 0 Å². The smallest absolute Gasteiger partial charge is 0.264 e. The van der Waals surface area contributed by atoms with Crippen LogP contribution in [0.25, 0.3) is 6.08 Å². The van der Waals surface area contributed by atoms with Crippen LogP contribution in [0.15, 0.2) is 63.3 Å². The highest BCUT2D eigenvalue weighted by Gasteiger charge is 2.23. The molecule has 1 fully saturated rings. The Morgan fingerprint density at radius 3 is 2.46 bits per heavy atom. The van der Waals surface area contributed by atoms with Crippen molar-refractivity contribution in [2.75, 3.05) is 13.4 Å². The third kappa shape index (κ3) is 4.01. The molecule has 0 unspecified atom stereocenters. The van der Waals surface area contributed by atoms with E-state index < -0.39 is 0 Å². The van der Waals surface area contributed by atoms with Gasteiger partial charge >= 0.3 is 0 Å². The number of carbonyl (C=O) groups excluding carboxylic acids is 1. The average Bonchev–Trinajstić information content (AvgIpc) is 2.95. The first-order valence-corrected chi connectivity index (χ1v) is 9.30. The fraction of sp³-hybridized carbons (Fsp3) is 0.111. The number of methoxy groups -OCH3 is 1. The predicted octanol–water partition coefficient (Wildman–Crippen LogP) is 4.31. The van der Waals surface area contributed by atoms with Gasteiger partial charge in [-0.3, -0.25) is 4.79 Å². The van der Waals surface area contributed by atoms with Crippen LogP contribution in [0.1, 0.15) is 5.56 Å². The van der Waals surface area contributed by atoms with Crippen molar-refractivity contribution in [3.63, 3.8) is 0 Å². The van der Waals surface area contributed by atoms with Gasteiger partial charge in [-0.1, -0.05) is 12.1 Å². The summed E-state index contributed by atoms with van der Waals surface area (Å²) in [6.07, 6.45) is 3.91. The van der Waals surface area contributed by atoms with E-state index in [1.165, 1.54) is 16.7 Å². The highest BCUT2D eigenvalue weighted by atomic mass is 32.2. The summed E-state index contributed by atoms with van der Waals surface area (Å²) in [5, 5.41) is 3.37. The summed E-state index contributed by atoms with van der Waals surface area (Å²) < 4.78 is 5.12. The second-order valence-electron chi connectivity index (χ2n) is 4.95. The second kappa shape index (κ2) is 7.59. The van der Waals surface area contributed by atoms with Gasteiger partial charge in [-0.2, -0.15) is 0 Å². The Morgan fingerprint density at radius 1 is 1.12 bits per heavy atom. The fourth-order valence-corrected chi connectivity index (χ4v) is 3.36. The summed E-state index contributed by atoms with van der Waals surface area (Å²) >= 11 is 3.03. The minimum atomic E-state index is -0.124. The lowest BCUT2D eigenvalue weighted by Gasteiger charge is -2.00. The Bertz CT molecular complexity index is 797. The molecule has 122 valence electrons. The van der Waals surface area contributed by atoms with Gasteiger partial charge in [-0.25, -0.2) is 4.99 Å². The van der Waals surface area contributed by atoms with E-state index in [1.807, 2.05) is 60.9 Å². The van der Waals surface area contributed by atoms with Gasteiger partial charge < -0.3 is 10.1 Å². The molecule has 1 aliphatic rings. The summed E-state index contributed by atoms with van der Waals surface area (Å²) in [6.45, 7) is 0. The number of amides is 1. The highest BCUT2D eigenvalue weighted by molar-refractivity contribution is 8.18. The van der Waals surface area contributed by atoms with Gasteiger partial charge in [0.15, 0.2) is 5.17 Å². The van der Waals surface area contributed by atoms with Crippen LogP contribution >= 0.6 is 23.5 Å². The van der Waals surface area contributed by atoms with Gasteiger partial charge in [0, 0.05) is 4.90 Å². The number of benzene rings is 2. The summed E-state index contributed by atoms with van der Waals surface area (Å²) in [5.41, 5.74) is 1.76. The van der Waals surface area contributed by atoms with Gasteiger partial charge in [-0.05, 0) is 66.1 Å². The van der Waals surface area contributed by atoms with Crippen LogP contribution in [0.4, 0.5) is 5.69 Å². The van der Waals surface area contributed by atoms with Crippen LogP contribution in [0.3, 0.4) is 0 Å². The highest BCUT2D eigenvalue weighted by Crippen LogP contribution is 2.29. The number of hydrogen-bond donors (Lipinski definition) is 1. The number of rotatable bonds is 4. The van der Waals surface area contributed by atoms with E-state index in [9.17, 15) is 4.79 Å². The van der Waals surface area contributed by atoms with E-state index in [0.29, 0.717) is 10.1 Å². The molecular weight excluding hydrogens is 340 g/mol. The molecule has 1 N–H and O–H groups in total. The van der Waals surface area contributed by atoms with Crippen LogP contribution in [-0.2, 0) is 4.79 Å². The lowest BCUT2D eigenvalue weighted by atomic mass is 10.2. The maximum atomic E-state index is 12.1. The van der Waals surface area contributed by atoms with Gasteiger partial charge in [0.25, 0.3) is 5.91 Å². The van der Waals surface area contributed by atoms with E-state index >= 15 is 0 Å². The molecule has 0 aromatic heterocycles. The molecule has 0 spiro atoms. The Balaban J connectivity index is 1.76. The van der Waals surface area contributed by atoms with Crippen LogP contribution in [-0.4, -0.2) is 24.4 Å². The molecule has 3 rings (SSSR count). The van der Waals surface area contributed by atoms with Crippen molar-refractivity contribution < 1.29 is 9.53 Å². The molecule has 0 aliphatic carbocycles. The minimum Gasteiger partial charge on any atom is -0.497 e. The molecule has 4 nitrogen and oxygen atoms in total. The molecular formula is C18H16N2O2S2. The quantitative estimate of drug-likeness (QED) is 0.655. The zero-order valence-corrected chi connectivity index (χ0v) is 14.9. The third-order valence-electron chi connectivity index (χ3n) is 3.37. The third-order valence-corrected chi connectivity index (χ3v) is 5.02. The van der Waals surface area contributed by atoms with Crippen molar-refractivity contribution in [2.24, 2.45) is 4.99 Å². The van der Waals surface area contributed by atoms with E-state index in [2.05, 4.69) is 10.3 Å². The molecule has 0 radical (unpaired) electrons. The largest absolute Gasteiger partial charge is 0.497 e. The Hall–Kier alpha value is -2.18. The number of carbonyl (C=O) groups is 1. The van der Waals surface area contributed by atoms with Gasteiger partial charge in [0.1, 0.15) is 5.75 Å². The molecule has 2 aromatic carbocycles. The maximum Gasteiger partial charge on any atom is 0.264 e. The van der Waals surface area contributed by atoms with Gasteiger partial charge in [0.05, 0.1) is 17.7 Å². The summed E-state index contributed by atoms with van der Waals surface area (Å²) in [5.74, 6) is 0.650. The summed E-state index contributed by atoms with van der Waals surface area (Å²) in [6, 6.07) is 15.5. The van der Waals surface area contributed by atoms with E-state index in [0.717, 1.165) is 17.0 Å². The molecule has 1 heterocycles. The number of amidine groups is 1. The molecule has 1 amide bonds. The first kappa shape index (κ1) is 16.7. The fourth-order valence-electron chi connectivity index (χ4n) is 2.11. The van der Waals surface area contributed by atoms with Crippen molar-refractivity contribution in [3.8, 4) is 5.75 Å². The number of aliphatic imine (C=N–C) groups is 1. The molecule has 2 aromatic rings. The summed E-state index contributed by atoms with van der Waals surface area (Å²) in [7, 11) is 1.62. The average molecular weight is 356 g/mol. The Morgan fingerprint density at radius 2 is 1.83 bits per heavy atom. The van der Waals surface area contributed by atoms with Crippen LogP contribution in [0.2, 0.25) is 0 Å². The SMILES string of the molecule is COc1ccc(N=C2NC(=O)C(=Cc3ccc(SC)cc3)S2)cc1. The lowest BCUT2D eigenvalue weighted by Crippen LogP contribution is -2.19. The van der Waals surface area contributed by atoms with Gasteiger partial charge in [0.2, 0.25) is 0 Å². The molecule has 1 aliphatic heterocycles. The number of thioether (sulfide) groups is 2. The first-order valence-electron chi connectivity index (χ1n) is 7.25. The monoisotopic (exact) mass is 356 g/mol. The van der Waals surface area contributed by atoms with Gasteiger partial charge in [-0.15, -0.1) is 11.8 Å². The van der Waals surface area contributed by atoms with Crippen molar-refractivity contribution >= 4 is 46.4 Å². The van der Waals surface area contributed by atoms with Crippen LogP contribution < -0.4 is 10.1 Å². The number of nitrogens with zero attached hydrogens (tertiary/aromatic N) is 1. The number of hydrogen-bond acceptors (Lipinski definition) is 5. The standard InChI is InChI=1S/C18H16N2O2S2/c1-22-14-7-5-13(6-8-14)19-18-20-17(21)16(24-18)11-12-3-9-15(23-2)10-4-12/h3-11H,1-2H3,(H,19,20,21). The number of ether oxygens (including phenoxy) is 1. The predicted molar refractivity (Wildman–Crippen MR) is 102 cm³/mol. The topological polar surface area (TPSA) is 50.7 Å². The van der Waals surface area contributed by atoms with Crippen LogP contribution in [0.5, 0.6) is 5.75 Å². The second-order valence-corrected chi connectivity index (χ2v) is 6.86. The normalized spacial score (nSPS) is 17.3. The molecule has 6 heteroatoms. The van der Waals surface area contributed by atoms with E-state index in [1.54, 1.807) is 18.9 Å². The molecule has 0 atom stereocenters. The molecule has 0 bridgehead atoms. The number of nitrogens with one attached hydrogen (secondary N) is 1. The molecule has 0 saturated carbocycles. The van der Waals surface area contributed by atoms with Crippen molar-refractivity contribution in [1.82, 2.24) is 5.32 Å². The van der Waals surface area contributed by atoms with E-state index in [4.69, 9.17) is 4.74 Å². The first-order chi connectivity index (χ1) is 11.7. The summed E-state index contributed by atoms with van der Waals surface area (Å²) in [4.78, 5) is 18.4. The van der Waals surface area contributed by atoms with E-state index in [-0.39, 0.29) is 5.91 Å². The maximum absolute atomic E-state index is 12.1. The zero-order valence-electron chi connectivity index (χ0n) is 13.3. The Labute approximate surface area is 149 Å². The van der Waals surface area contributed by atoms with Crippen molar-refractivity contribution in [3.05, 3.63) is 59.0 Å². The Kier molecular flexibility index (Phi) is 5.27. The van der Waals surface area contributed by atoms with Crippen molar-refractivity contribution in [2.45, 2.75) is 4.90 Å². The minimum absolute atomic E-state index is 0.124. The van der Waals surface area contributed by atoms with Crippen LogP contribution in [0, 0.1) is 0 Å².